The molecule has 0 aliphatic heterocycles. The van der Waals surface area contributed by atoms with Crippen molar-refractivity contribution in [3.63, 3.8) is 0 Å². The molecule has 1 unspecified atom stereocenters. The third-order valence-electron chi connectivity index (χ3n) is 7.49. The fourth-order valence-corrected chi connectivity index (χ4v) is 5.19. The van der Waals surface area contributed by atoms with E-state index < -0.39 is 35.7 Å². The lowest BCUT2D eigenvalue weighted by molar-refractivity contribution is -0.767. The van der Waals surface area contributed by atoms with E-state index in [1.165, 1.54) is 0 Å². The highest BCUT2D eigenvalue weighted by atomic mass is 17.0. The normalized spacial score (nSPS) is 21.5. The molecule has 3 N–H and O–H groups in total. The molecule has 240 valence electrons. The topological polar surface area (TPSA) is 157 Å². The minimum absolute atomic E-state index is 0.0401. The first-order valence-corrected chi connectivity index (χ1v) is 15.3. The summed E-state index contributed by atoms with van der Waals surface area (Å²) in [6.45, 7) is 4.24. The smallest absolute Gasteiger partial charge is 0.434 e. The number of ether oxygens (including phenoxy) is 2. The summed E-state index contributed by atoms with van der Waals surface area (Å²) in [6, 6.07) is 9.82. The second-order valence-corrected chi connectivity index (χ2v) is 11.0. The fourth-order valence-electron chi connectivity index (χ4n) is 5.19. The lowest BCUT2D eigenvalue weighted by atomic mass is 9.89. The number of aliphatic hydroxyl groups excluding tert-OH is 2. The standard InChI is InChI=1S/C32H48N2O9/c1-3-33-31(37)17-10-5-4-9-16-27-28(30(36)23-29(27)35)21-20-26(19-18-25-14-7-6-8-15-25)42-32(38)41-22-12-11-13-24(2)43-34(39)40/h4,6-9,14-15,20-21,24,26-30,35-36H,3,5,10-13,16-19,22-23H2,1-2H3,(H,33,37)/b9-4-,21-20+/t24?,26-,27+,28+,29-,30+/m0/s1. The molecule has 11 heteroatoms. The first-order valence-electron chi connectivity index (χ1n) is 15.3. The van der Waals surface area contributed by atoms with Crippen LogP contribution in [0, 0.1) is 22.0 Å². The summed E-state index contributed by atoms with van der Waals surface area (Å²) in [5, 5.41) is 33.7. The van der Waals surface area contributed by atoms with Crippen LogP contribution in [-0.4, -0.2) is 64.9 Å². The van der Waals surface area contributed by atoms with Gasteiger partial charge in [0.25, 0.3) is 5.09 Å². The molecule has 1 fully saturated rings. The first-order chi connectivity index (χ1) is 20.7. The number of hydrogen-bond acceptors (Lipinski definition) is 9. The van der Waals surface area contributed by atoms with Crippen molar-refractivity contribution in [1.82, 2.24) is 5.32 Å². The molecule has 0 bridgehead atoms. The van der Waals surface area contributed by atoms with Crippen LogP contribution in [0.2, 0.25) is 0 Å². The van der Waals surface area contributed by atoms with Gasteiger partial charge in [0, 0.05) is 25.3 Å². The molecule has 1 amide bonds. The van der Waals surface area contributed by atoms with Crippen molar-refractivity contribution in [3.05, 3.63) is 70.3 Å². The Hall–Kier alpha value is -3.44. The van der Waals surface area contributed by atoms with Crippen molar-refractivity contribution < 1.29 is 39.2 Å². The predicted molar refractivity (Wildman–Crippen MR) is 161 cm³/mol. The monoisotopic (exact) mass is 604 g/mol. The molecule has 43 heavy (non-hydrogen) atoms. The van der Waals surface area contributed by atoms with Gasteiger partial charge in [0.2, 0.25) is 5.91 Å². The fraction of sp³-hybridized carbons (Fsp3) is 0.625. The highest BCUT2D eigenvalue weighted by Gasteiger charge is 2.39. The van der Waals surface area contributed by atoms with Crippen molar-refractivity contribution in [1.29, 1.82) is 0 Å². The van der Waals surface area contributed by atoms with Gasteiger partial charge in [-0.15, -0.1) is 10.1 Å². The van der Waals surface area contributed by atoms with E-state index in [-0.39, 0.29) is 30.8 Å². The summed E-state index contributed by atoms with van der Waals surface area (Å²) in [5.74, 6) is -0.454. The van der Waals surface area contributed by atoms with E-state index in [0.29, 0.717) is 51.5 Å². The third kappa shape index (κ3) is 15.0. The second kappa shape index (κ2) is 20.5. The number of carbonyl (C=O) groups is 2. The van der Waals surface area contributed by atoms with Crippen LogP contribution >= 0.6 is 0 Å². The van der Waals surface area contributed by atoms with Crippen molar-refractivity contribution in [2.45, 2.75) is 102 Å². The number of hydrogen-bond donors (Lipinski definition) is 3. The number of nitrogens with one attached hydrogen (secondary N) is 1. The van der Waals surface area contributed by atoms with Crippen LogP contribution in [0.4, 0.5) is 4.79 Å². The molecule has 0 spiro atoms. The van der Waals surface area contributed by atoms with Crippen LogP contribution in [0.5, 0.6) is 0 Å². The summed E-state index contributed by atoms with van der Waals surface area (Å²) in [4.78, 5) is 38.9. The molecule has 0 saturated heterocycles. The predicted octanol–water partition coefficient (Wildman–Crippen LogP) is 5.07. The van der Waals surface area contributed by atoms with Gasteiger partial charge in [0.05, 0.1) is 18.8 Å². The highest BCUT2D eigenvalue weighted by molar-refractivity contribution is 5.75. The molecule has 0 aromatic heterocycles. The van der Waals surface area contributed by atoms with Gasteiger partial charge in [-0.1, -0.05) is 48.6 Å². The maximum absolute atomic E-state index is 12.5. The molecule has 0 heterocycles. The van der Waals surface area contributed by atoms with Crippen molar-refractivity contribution >= 4 is 12.1 Å². The van der Waals surface area contributed by atoms with E-state index in [9.17, 15) is 29.9 Å². The number of unbranched alkanes of at least 4 members (excludes halogenated alkanes) is 2. The highest BCUT2D eigenvalue weighted by Crippen LogP contribution is 2.36. The molecule has 0 radical (unpaired) electrons. The number of aryl methyl sites for hydroxylation is 1. The Morgan fingerprint density at radius 3 is 2.60 bits per heavy atom. The van der Waals surface area contributed by atoms with E-state index in [4.69, 9.17) is 9.47 Å². The lowest BCUT2D eigenvalue weighted by Crippen LogP contribution is -2.22. The molecule has 1 saturated carbocycles. The minimum atomic E-state index is -0.815. The van der Waals surface area contributed by atoms with E-state index in [1.807, 2.05) is 55.5 Å². The average molecular weight is 605 g/mol. The third-order valence-corrected chi connectivity index (χ3v) is 7.49. The summed E-state index contributed by atoms with van der Waals surface area (Å²) in [5.41, 5.74) is 1.09. The lowest BCUT2D eigenvalue weighted by Gasteiger charge is -2.21. The minimum Gasteiger partial charge on any atom is -0.434 e. The molecule has 2 rings (SSSR count). The Balaban J connectivity index is 1.92. The van der Waals surface area contributed by atoms with Gasteiger partial charge in [-0.3, -0.25) is 4.79 Å². The molecule has 1 aromatic rings. The number of aliphatic hydroxyl groups is 2. The number of amides is 1. The van der Waals surface area contributed by atoms with Gasteiger partial charge in [-0.2, -0.15) is 0 Å². The zero-order chi connectivity index (χ0) is 31.5. The van der Waals surface area contributed by atoms with Crippen LogP contribution in [0.25, 0.3) is 0 Å². The first kappa shape index (κ1) is 35.8. The largest absolute Gasteiger partial charge is 0.508 e. The van der Waals surface area contributed by atoms with Crippen molar-refractivity contribution in [2.24, 2.45) is 11.8 Å². The van der Waals surface area contributed by atoms with Crippen LogP contribution < -0.4 is 5.32 Å². The Morgan fingerprint density at radius 2 is 1.88 bits per heavy atom. The summed E-state index contributed by atoms with van der Waals surface area (Å²) in [6.07, 6.45) is 9.86. The van der Waals surface area contributed by atoms with Gasteiger partial charge in [-0.05, 0) is 82.8 Å². The number of carbonyl (C=O) groups excluding carboxylic acids is 2. The van der Waals surface area contributed by atoms with Gasteiger partial charge in [0.15, 0.2) is 0 Å². The quantitative estimate of drug-likeness (QED) is 0.0607. The van der Waals surface area contributed by atoms with Crippen LogP contribution in [0.15, 0.2) is 54.6 Å². The van der Waals surface area contributed by atoms with Crippen molar-refractivity contribution in [3.8, 4) is 0 Å². The Kier molecular flexibility index (Phi) is 17.0. The van der Waals surface area contributed by atoms with Gasteiger partial charge in [-0.25, -0.2) is 4.79 Å². The Morgan fingerprint density at radius 1 is 1.12 bits per heavy atom. The van der Waals surface area contributed by atoms with Gasteiger partial charge >= 0.3 is 6.16 Å². The maximum atomic E-state index is 12.5. The van der Waals surface area contributed by atoms with Gasteiger partial charge in [0.1, 0.15) is 12.2 Å². The molecule has 11 nitrogen and oxygen atoms in total. The Bertz CT molecular complexity index is 1020. The summed E-state index contributed by atoms with van der Waals surface area (Å²) >= 11 is 0. The summed E-state index contributed by atoms with van der Waals surface area (Å²) < 4.78 is 10.9. The maximum Gasteiger partial charge on any atom is 0.508 e. The molecule has 1 aliphatic carbocycles. The second-order valence-electron chi connectivity index (χ2n) is 11.0. The molecular weight excluding hydrogens is 556 g/mol. The molecule has 1 aromatic carbocycles. The zero-order valence-electron chi connectivity index (χ0n) is 25.3. The van der Waals surface area contributed by atoms with Crippen LogP contribution in [0.1, 0.15) is 77.2 Å². The molecule has 6 atom stereocenters. The van der Waals surface area contributed by atoms with Gasteiger partial charge < -0.3 is 29.8 Å². The molecular formula is C32H48N2O9. The number of benzene rings is 1. The van der Waals surface area contributed by atoms with E-state index in [2.05, 4.69) is 10.2 Å². The molecule has 1 aliphatic rings. The number of nitrogens with zero attached hydrogens (tertiary/aromatic N) is 1. The average Bonchev–Trinajstić information content (AvgIpc) is 3.23. The summed E-state index contributed by atoms with van der Waals surface area (Å²) in [7, 11) is 0. The van der Waals surface area contributed by atoms with Crippen molar-refractivity contribution in [2.75, 3.05) is 13.2 Å². The van der Waals surface area contributed by atoms with E-state index >= 15 is 0 Å². The van der Waals surface area contributed by atoms with Crippen LogP contribution in [-0.2, 0) is 25.5 Å². The van der Waals surface area contributed by atoms with Crippen LogP contribution in [0.3, 0.4) is 0 Å². The Labute approximate surface area is 254 Å². The zero-order valence-corrected chi connectivity index (χ0v) is 25.3. The number of rotatable bonds is 20. The number of allylic oxidation sites excluding steroid dienone is 2. The van der Waals surface area contributed by atoms with E-state index in [1.54, 1.807) is 13.0 Å². The van der Waals surface area contributed by atoms with E-state index in [0.717, 1.165) is 18.4 Å². The SMILES string of the molecule is CCNC(=O)CCC/C=C\C[C@@H]1[C@@H](/C=C/[C@H](CCc2ccccc2)OC(=O)OCCCCC(C)O[N+](=O)[O-])[C@H](O)C[C@@H]1O.